The van der Waals surface area contributed by atoms with Gasteiger partial charge in [0.2, 0.25) is 5.13 Å². The quantitative estimate of drug-likeness (QED) is 0.447. The van der Waals surface area contributed by atoms with Gasteiger partial charge in [-0.05, 0) is 43.7 Å². The third kappa shape index (κ3) is 4.27. The molecule has 0 spiro atoms. The first-order chi connectivity index (χ1) is 15.4. The predicted molar refractivity (Wildman–Crippen MR) is 122 cm³/mol. The predicted octanol–water partition coefficient (Wildman–Crippen LogP) is 4.33. The van der Waals surface area contributed by atoms with Crippen LogP contribution in [0, 0.1) is 13.8 Å². The van der Waals surface area contributed by atoms with Gasteiger partial charge in [-0.15, -0.1) is 5.10 Å². The number of ether oxygens (including phenoxy) is 2. The highest BCUT2D eigenvalue weighted by molar-refractivity contribution is 7.10. The summed E-state index contributed by atoms with van der Waals surface area (Å²) < 4.78 is 16.5. The largest absolute Gasteiger partial charge is 0.497 e. The van der Waals surface area contributed by atoms with E-state index in [0.717, 1.165) is 28.5 Å². The van der Waals surface area contributed by atoms with Crippen LogP contribution in [0.3, 0.4) is 0 Å². The van der Waals surface area contributed by atoms with Crippen LogP contribution in [0.5, 0.6) is 11.5 Å². The number of nitrogens with zero attached hydrogens (tertiary/aromatic N) is 5. The fraction of sp³-hybridized carbons (Fsp3) is 0.190. The summed E-state index contributed by atoms with van der Waals surface area (Å²) in [5.41, 5.74) is 3.47. The first-order valence-corrected chi connectivity index (χ1v) is 10.6. The van der Waals surface area contributed by atoms with Crippen molar-refractivity contribution in [2.24, 2.45) is 0 Å². The Bertz CT molecular complexity index is 1280. The monoisotopic (exact) mass is 470 g/mol. The SMILES string of the molecule is COc1cc(OC)cc(C(=O)Nc2nc(-c3nnn(-c4cc(Cl)ccc4C)c3C)ns2)c1. The molecule has 0 bridgehead atoms. The number of methoxy groups -OCH3 is 2. The second kappa shape index (κ2) is 8.93. The summed E-state index contributed by atoms with van der Waals surface area (Å²) >= 11 is 7.20. The Morgan fingerprint density at radius 2 is 1.81 bits per heavy atom. The number of aryl methyl sites for hydroxylation is 1. The lowest BCUT2D eigenvalue weighted by Crippen LogP contribution is -2.12. The molecule has 0 aliphatic carbocycles. The van der Waals surface area contributed by atoms with Crippen molar-refractivity contribution >= 4 is 34.2 Å². The third-order valence-corrected chi connectivity index (χ3v) is 5.63. The fourth-order valence-electron chi connectivity index (χ4n) is 3.05. The first kappa shape index (κ1) is 21.7. The van der Waals surface area contributed by atoms with E-state index < -0.39 is 0 Å². The van der Waals surface area contributed by atoms with E-state index in [1.807, 2.05) is 32.0 Å². The van der Waals surface area contributed by atoms with E-state index in [1.165, 1.54) is 14.2 Å². The maximum Gasteiger partial charge on any atom is 0.257 e. The molecule has 0 atom stereocenters. The molecule has 4 rings (SSSR count). The van der Waals surface area contributed by atoms with Gasteiger partial charge in [0.25, 0.3) is 5.91 Å². The number of anilines is 1. The minimum Gasteiger partial charge on any atom is -0.497 e. The number of carbonyl (C=O) groups excluding carboxylic acids is 1. The average molecular weight is 471 g/mol. The summed E-state index contributed by atoms with van der Waals surface area (Å²) in [4.78, 5) is 17.1. The van der Waals surface area contributed by atoms with Gasteiger partial charge in [-0.2, -0.15) is 9.36 Å². The van der Waals surface area contributed by atoms with Crippen LogP contribution in [0.15, 0.2) is 36.4 Å². The maximum atomic E-state index is 12.7. The Kier molecular flexibility index (Phi) is 6.06. The highest BCUT2D eigenvalue weighted by Gasteiger charge is 2.19. The number of amides is 1. The second-order valence-corrected chi connectivity index (χ2v) is 8.03. The van der Waals surface area contributed by atoms with Gasteiger partial charge in [-0.25, -0.2) is 4.68 Å². The van der Waals surface area contributed by atoms with Crippen LogP contribution in [0.4, 0.5) is 5.13 Å². The zero-order valence-corrected chi connectivity index (χ0v) is 19.3. The minimum absolute atomic E-state index is 0.333. The van der Waals surface area contributed by atoms with Crippen molar-refractivity contribution < 1.29 is 14.3 Å². The van der Waals surface area contributed by atoms with E-state index in [1.54, 1.807) is 22.9 Å². The van der Waals surface area contributed by atoms with Crippen LogP contribution in [-0.4, -0.2) is 44.5 Å². The van der Waals surface area contributed by atoms with Crippen molar-refractivity contribution in [1.82, 2.24) is 24.4 Å². The van der Waals surface area contributed by atoms with Gasteiger partial charge in [0.05, 0.1) is 25.6 Å². The standard InChI is InChI=1S/C21H19ClN6O3S/c1-11-5-6-14(22)9-17(11)28-12(2)18(25-27-28)19-23-21(32-26-19)24-20(29)13-7-15(30-3)10-16(8-13)31-4/h5-10H,1-4H3,(H,23,24,26,29). The van der Waals surface area contributed by atoms with E-state index in [-0.39, 0.29) is 5.91 Å². The van der Waals surface area contributed by atoms with Gasteiger partial charge in [-0.1, -0.05) is 22.9 Å². The molecule has 0 aliphatic rings. The molecule has 9 nitrogen and oxygen atoms in total. The van der Waals surface area contributed by atoms with Gasteiger partial charge in [0.1, 0.15) is 11.5 Å². The summed E-state index contributed by atoms with van der Waals surface area (Å²) in [6, 6.07) is 10.5. The highest BCUT2D eigenvalue weighted by atomic mass is 35.5. The number of hydrogen-bond acceptors (Lipinski definition) is 8. The summed E-state index contributed by atoms with van der Waals surface area (Å²) in [5.74, 6) is 1.03. The van der Waals surface area contributed by atoms with Gasteiger partial charge >= 0.3 is 0 Å². The summed E-state index contributed by atoms with van der Waals surface area (Å²) in [6.45, 7) is 3.84. The number of hydrogen-bond donors (Lipinski definition) is 1. The van der Waals surface area contributed by atoms with Gasteiger partial charge in [-0.3, -0.25) is 10.1 Å². The molecule has 0 radical (unpaired) electrons. The van der Waals surface area contributed by atoms with Crippen molar-refractivity contribution in [3.05, 3.63) is 58.2 Å². The van der Waals surface area contributed by atoms with Crippen molar-refractivity contribution in [1.29, 1.82) is 0 Å². The number of halogens is 1. The molecule has 0 unspecified atom stereocenters. The van der Waals surface area contributed by atoms with E-state index in [0.29, 0.717) is 38.7 Å². The Hall–Kier alpha value is -3.50. The number of rotatable bonds is 6. The second-order valence-electron chi connectivity index (χ2n) is 6.84. The van der Waals surface area contributed by atoms with E-state index in [9.17, 15) is 4.79 Å². The molecule has 1 N–H and O–H groups in total. The van der Waals surface area contributed by atoms with E-state index >= 15 is 0 Å². The summed E-state index contributed by atoms with van der Waals surface area (Å²) in [7, 11) is 3.04. The van der Waals surface area contributed by atoms with Crippen LogP contribution < -0.4 is 14.8 Å². The van der Waals surface area contributed by atoms with Crippen molar-refractivity contribution in [2.45, 2.75) is 13.8 Å². The molecule has 1 amide bonds. The Balaban J connectivity index is 1.58. The summed E-state index contributed by atoms with van der Waals surface area (Å²) in [6.07, 6.45) is 0. The van der Waals surface area contributed by atoms with Crippen LogP contribution >= 0.6 is 23.1 Å². The van der Waals surface area contributed by atoms with Gasteiger partial charge < -0.3 is 9.47 Å². The smallest absolute Gasteiger partial charge is 0.257 e. The van der Waals surface area contributed by atoms with Crippen molar-refractivity contribution in [2.75, 3.05) is 19.5 Å². The third-order valence-electron chi connectivity index (χ3n) is 4.77. The van der Waals surface area contributed by atoms with E-state index in [2.05, 4.69) is 25.0 Å². The van der Waals surface area contributed by atoms with E-state index in [4.69, 9.17) is 21.1 Å². The fourth-order valence-corrected chi connectivity index (χ4v) is 3.79. The molecule has 2 heterocycles. The molecule has 4 aromatic rings. The normalized spacial score (nSPS) is 10.8. The Morgan fingerprint density at radius 1 is 1.09 bits per heavy atom. The van der Waals surface area contributed by atoms with Gasteiger partial charge in [0, 0.05) is 28.2 Å². The topological polar surface area (TPSA) is 104 Å². The molecular formula is C21H19ClN6O3S. The lowest BCUT2D eigenvalue weighted by atomic mass is 10.2. The van der Waals surface area contributed by atoms with Crippen LogP contribution in [-0.2, 0) is 0 Å². The Morgan fingerprint density at radius 3 is 2.50 bits per heavy atom. The summed E-state index contributed by atoms with van der Waals surface area (Å²) in [5, 5.41) is 12.2. The zero-order chi connectivity index (χ0) is 22.8. The minimum atomic E-state index is -0.361. The lowest BCUT2D eigenvalue weighted by molar-refractivity contribution is 0.102. The van der Waals surface area contributed by atoms with Crippen molar-refractivity contribution in [3.63, 3.8) is 0 Å². The molecule has 32 heavy (non-hydrogen) atoms. The molecule has 2 aromatic carbocycles. The van der Waals surface area contributed by atoms with Crippen LogP contribution in [0.1, 0.15) is 21.6 Å². The molecular weight excluding hydrogens is 452 g/mol. The molecule has 0 saturated heterocycles. The number of benzene rings is 2. The lowest BCUT2D eigenvalue weighted by Gasteiger charge is -2.08. The Labute approximate surface area is 193 Å². The molecule has 2 aromatic heterocycles. The maximum absolute atomic E-state index is 12.7. The van der Waals surface area contributed by atoms with Crippen molar-refractivity contribution in [3.8, 4) is 28.7 Å². The molecule has 0 aliphatic heterocycles. The number of carbonyl (C=O) groups is 1. The zero-order valence-electron chi connectivity index (χ0n) is 17.7. The first-order valence-electron chi connectivity index (χ1n) is 9.47. The number of aromatic nitrogens is 5. The van der Waals surface area contributed by atoms with Gasteiger partial charge in [0.15, 0.2) is 11.5 Å². The average Bonchev–Trinajstić information content (AvgIpc) is 3.41. The number of nitrogens with one attached hydrogen (secondary N) is 1. The molecule has 0 fully saturated rings. The van der Waals surface area contributed by atoms with Crippen LogP contribution in [0.2, 0.25) is 5.02 Å². The molecule has 0 saturated carbocycles. The molecule has 164 valence electrons. The van der Waals surface area contributed by atoms with Crippen LogP contribution in [0.25, 0.3) is 17.2 Å². The molecule has 11 heteroatoms. The highest BCUT2D eigenvalue weighted by Crippen LogP contribution is 2.27.